The zero-order chi connectivity index (χ0) is 18.9. The number of halogens is 3. The Labute approximate surface area is 165 Å². The van der Waals surface area contributed by atoms with E-state index < -0.39 is 5.91 Å². The van der Waals surface area contributed by atoms with Crippen LogP contribution >= 0.6 is 46.1 Å². The summed E-state index contributed by atoms with van der Waals surface area (Å²) in [6, 6.07) is 2.10. The van der Waals surface area contributed by atoms with Crippen LogP contribution in [0.5, 0.6) is 5.75 Å². The molecule has 1 N–H and O–H groups in total. The van der Waals surface area contributed by atoms with Gasteiger partial charge in [0, 0.05) is 9.90 Å². The number of thiophene rings is 1. The fourth-order valence-electron chi connectivity index (χ4n) is 2.19. The zero-order valence-electron chi connectivity index (χ0n) is 14.0. The largest absolute Gasteiger partial charge is 0.481 e. The van der Waals surface area contributed by atoms with Crippen LogP contribution in [0.3, 0.4) is 0 Å². The van der Waals surface area contributed by atoms with Crippen molar-refractivity contribution in [3.63, 3.8) is 0 Å². The summed E-state index contributed by atoms with van der Waals surface area (Å²) in [5, 5.41) is 13.4. The summed E-state index contributed by atoms with van der Waals surface area (Å²) >= 11 is 19.9. The highest BCUT2D eigenvalue weighted by Gasteiger charge is 2.20. The lowest BCUT2D eigenvalue weighted by Crippen LogP contribution is -2.20. The minimum absolute atomic E-state index is 0.219. The van der Waals surface area contributed by atoms with Gasteiger partial charge in [0.1, 0.15) is 11.1 Å². The van der Waals surface area contributed by atoms with Crippen LogP contribution in [0.1, 0.15) is 27.1 Å². The number of nitriles is 1. The predicted molar refractivity (Wildman–Crippen MR) is 104 cm³/mol. The second-order valence-corrected chi connectivity index (χ2v) is 7.82. The molecule has 1 aromatic heterocycles. The molecule has 0 unspecified atom stereocenters. The normalized spacial score (nSPS) is 10.5. The first-order chi connectivity index (χ1) is 11.7. The van der Waals surface area contributed by atoms with E-state index in [9.17, 15) is 10.1 Å². The number of anilines is 1. The highest BCUT2D eigenvalue weighted by atomic mass is 35.5. The van der Waals surface area contributed by atoms with E-state index in [1.54, 1.807) is 13.8 Å². The number of hydrogen-bond donors (Lipinski definition) is 1. The lowest BCUT2D eigenvalue weighted by Gasteiger charge is -2.15. The molecule has 2 rings (SSSR count). The van der Waals surface area contributed by atoms with Crippen molar-refractivity contribution in [1.82, 2.24) is 0 Å². The van der Waals surface area contributed by atoms with Gasteiger partial charge < -0.3 is 10.1 Å². The maximum atomic E-state index is 12.2. The van der Waals surface area contributed by atoms with Gasteiger partial charge in [-0.2, -0.15) is 5.26 Å². The van der Waals surface area contributed by atoms with Gasteiger partial charge in [-0.3, -0.25) is 4.79 Å². The van der Waals surface area contributed by atoms with E-state index in [0.717, 1.165) is 10.4 Å². The first kappa shape index (κ1) is 19.9. The molecule has 132 valence electrons. The number of aryl methyl sites for hydroxylation is 1. The standard InChI is InChI=1S/C17H15Cl3N2O2S/c1-7-10(4)25-17(11(7)5-21)22-12(23)6-24-16-14(19)8(2)13(18)9(3)15(16)20/h6H2,1-4H3,(H,22,23). The molecular weight excluding hydrogens is 403 g/mol. The topological polar surface area (TPSA) is 62.1 Å². The van der Waals surface area contributed by atoms with Crippen molar-refractivity contribution in [2.45, 2.75) is 27.7 Å². The van der Waals surface area contributed by atoms with E-state index in [2.05, 4.69) is 11.4 Å². The summed E-state index contributed by atoms with van der Waals surface area (Å²) in [6.45, 7) is 6.94. The van der Waals surface area contributed by atoms with Crippen molar-refractivity contribution < 1.29 is 9.53 Å². The Bertz CT molecular complexity index is 872. The third-order valence-corrected chi connectivity index (χ3v) is 6.41. The third-order valence-electron chi connectivity index (χ3n) is 3.81. The van der Waals surface area contributed by atoms with Gasteiger partial charge >= 0.3 is 0 Å². The SMILES string of the molecule is Cc1sc(NC(=O)COc2c(Cl)c(C)c(Cl)c(C)c2Cl)c(C#N)c1C. The molecular formula is C17H15Cl3N2O2S. The number of nitrogens with one attached hydrogen (secondary N) is 1. The molecule has 0 bridgehead atoms. The molecule has 8 heteroatoms. The fourth-order valence-corrected chi connectivity index (χ4v) is 4.04. The molecule has 0 saturated carbocycles. The van der Waals surface area contributed by atoms with E-state index in [1.807, 2.05) is 13.8 Å². The highest BCUT2D eigenvalue weighted by molar-refractivity contribution is 7.16. The molecule has 0 radical (unpaired) electrons. The lowest BCUT2D eigenvalue weighted by atomic mass is 10.1. The summed E-state index contributed by atoms with van der Waals surface area (Å²) in [7, 11) is 0. The van der Waals surface area contributed by atoms with Gasteiger partial charge in [-0.25, -0.2) is 0 Å². The summed E-state index contributed by atoms with van der Waals surface area (Å²) in [5.74, 6) is -0.188. The van der Waals surface area contributed by atoms with Gasteiger partial charge in [-0.15, -0.1) is 11.3 Å². The molecule has 1 heterocycles. The molecule has 0 aliphatic heterocycles. The minimum atomic E-state index is -0.407. The van der Waals surface area contributed by atoms with Gasteiger partial charge in [0.2, 0.25) is 0 Å². The van der Waals surface area contributed by atoms with E-state index in [4.69, 9.17) is 39.5 Å². The van der Waals surface area contributed by atoms with Crippen LogP contribution in [0.25, 0.3) is 0 Å². The van der Waals surface area contributed by atoms with E-state index in [1.165, 1.54) is 11.3 Å². The average molecular weight is 418 g/mol. The van der Waals surface area contributed by atoms with Crippen molar-refractivity contribution in [1.29, 1.82) is 5.26 Å². The first-order valence-corrected chi connectivity index (χ1v) is 9.20. The molecule has 1 aromatic carbocycles. The molecule has 25 heavy (non-hydrogen) atoms. The van der Waals surface area contributed by atoms with Crippen molar-refractivity contribution in [3.05, 3.63) is 42.2 Å². The van der Waals surface area contributed by atoms with Crippen molar-refractivity contribution in [3.8, 4) is 11.8 Å². The average Bonchev–Trinajstić information content (AvgIpc) is 2.84. The van der Waals surface area contributed by atoms with Gasteiger partial charge in [-0.1, -0.05) is 34.8 Å². The van der Waals surface area contributed by atoms with Crippen molar-refractivity contribution in [2.75, 3.05) is 11.9 Å². The first-order valence-electron chi connectivity index (χ1n) is 7.25. The predicted octanol–water partition coefficient (Wildman–Crippen LogP) is 5.83. The second kappa shape index (κ2) is 7.84. The molecule has 0 aliphatic rings. The monoisotopic (exact) mass is 416 g/mol. The quantitative estimate of drug-likeness (QED) is 0.680. The lowest BCUT2D eigenvalue weighted by molar-refractivity contribution is -0.118. The third kappa shape index (κ3) is 3.88. The van der Waals surface area contributed by atoms with Crippen LogP contribution < -0.4 is 10.1 Å². The number of rotatable bonds is 4. The van der Waals surface area contributed by atoms with Crippen LogP contribution in [-0.4, -0.2) is 12.5 Å². The van der Waals surface area contributed by atoms with Gasteiger partial charge in [-0.05, 0) is 44.4 Å². The number of amides is 1. The fraction of sp³-hybridized carbons (Fsp3) is 0.294. The Morgan fingerprint density at radius 2 is 1.64 bits per heavy atom. The second-order valence-electron chi connectivity index (χ2n) is 5.46. The number of nitrogens with zero attached hydrogens (tertiary/aromatic N) is 1. The summed E-state index contributed by atoms with van der Waals surface area (Å²) in [4.78, 5) is 13.2. The number of benzene rings is 1. The zero-order valence-corrected chi connectivity index (χ0v) is 17.1. The van der Waals surface area contributed by atoms with Crippen LogP contribution in [-0.2, 0) is 4.79 Å². The number of hydrogen-bond acceptors (Lipinski definition) is 4. The number of carbonyl (C=O) groups excluding carboxylic acids is 1. The minimum Gasteiger partial charge on any atom is -0.481 e. The van der Waals surface area contributed by atoms with Gasteiger partial charge in [0.15, 0.2) is 12.4 Å². The Hall–Kier alpha value is -1.45. The number of ether oxygens (including phenoxy) is 1. The Kier molecular flexibility index (Phi) is 6.23. The molecule has 0 atom stereocenters. The van der Waals surface area contributed by atoms with E-state index in [0.29, 0.717) is 26.7 Å². The van der Waals surface area contributed by atoms with Gasteiger partial charge in [0.25, 0.3) is 5.91 Å². The molecule has 1 amide bonds. The van der Waals surface area contributed by atoms with E-state index >= 15 is 0 Å². The molecule has 0 aliphatic carbocycles. The summed E-state index contributed by atoms with van der Waals surface area (Å²) in [6.07, 6.45) is 0. The van der Waals surface area contributed by atoms with Gasteiger partial charge in [0.05, 0.1) is 15.6 Å². The Balaban J connectivity index is 2.17. The van der Waals surface area contributed by atoms with Crippen LogP contribution in [0.4, 0.5) is 5.00 Å². The van der Waals surface area contributed by atoms with Crippen LogP contribution in [0.15, 0.2) is 0 Å². The van der Waals surface area contributed by atoms with Crippen LogP contribution in [0.2, 0.25) is 15.1 Å². The van der Waals surface area contributed by atoms with Crippen molar-refractivity contribution >= 4 is 57.0 Å². The number of carbonyl (C=O) groups is 1. The summed E-state index contributed by atoms with van der Waals surface area (Å²) < 4.78 is 5.52. The molecule has 0 fully saturated rings. The molecule has 4 nitrogen and oxygen atoms in total. The maximum Gasteiger partial charge on any atom is 0.262 e. The van der Waals surface area contributed by atoms with E-state index in [-0.39, 0.29) is 22.4 Å². The highest BCUT2D eigenvalue weighted by Crippen LogP contribution is 2.42. The summed E-state index contributed by atoms with van der Waals surface area (Å²) in [5.41, 5.74) is 2.60. The van der Waals surface area contributed by atoms with Crippen molar-refractivity contribution in [2.24, 2.45) is 0 Å². The Morgan fingerprint density at radius 3 is 2.16 bits per heavy atom. The molecule has 0 saturated heterocycles. The molecule has 0 spiro atoms. The van der Waals surface area contributed by atoms with Crippen LogP contribution in [0, 0.1) is 39.0 Å². The molecule has 2 aromatic rings. The maximum absolute atomic E-state index is 12.2. The smallest absolute Gasteiger partial charge is 0.262 e. The Morgan fingerprint density at radius 1 is 1.08 bits per heavy atom.